The van der Waals surface area contributed by atoms with Crippen LogP contribution in [0, 0.1) is 5.92 Å². The number of benzene rings is 1. The van der Waals surface area contributed by atoms with Crippen molar-refractivity contribution in [2.24, 2.45) is 5.92 Å². The van der Waals surface area contributed by atoms with Crippen molar-refractivity contribution in [3.63, 3.8) is 0 Å². The molecule has 0 radical (unpaired) electrons. The van der Waals surface area contributed by atoms with Gasteiger partial charge in [-0.1, -0.05) is 17.7 Å². The van der Waals surface area contributed by atoms with Crippen LogP contribution in [0.2, 0.25) is 5.02 Å². The molecule has 3 rings (SSSR count). The largest absolute Gasteiger partial charge is 0.492 e. The highest BCUT2D eigenvalue weighted by Gasteiger charge is 2.33. The predicted octanol–water partition coefficient (Wildman–Crippen LogP) is 2.85. The fraction of sp³-hybridized carbons (Fsp3) is 0.400. The van der Waals surface area contributed by atoms with Crippen LogP contribution in [-0.4, -0.2) is 43.3 Å². The number of hydrogen-bond acceptors (Lipinski definition) is 5. The van der Waals surface area contributed by atoms with Crippen LogP contribution in [0.3, 0.4) is 0 Å². The fourth-order valence-corrected chi connectivity index (χ4v) is 5.16. The van der Waals surface area contributed by atoms with Crippen LogP contribution in [0.4, 0.5) is 0 Å². The van der Waals surface area contributed by atoms with Gasteiger partial charge >= 0.3 is 0 Å². The minimum Gasteiger partial charge on any atom is -0.492 e. The smallest absolute Gasteiger partial charge is 0.246 e. The number of aromatic nitrogens is 1. The predicted molar refractivity (Wildman–Crippen MR) is 110 cm³/mol. The second kappa shape index (κ2) is 9.56. The molecule has 1 aliphatic heterocycles. The molecule has 1 aromatic heterocycles. The summed E-state index contributed by atoms with van der Waals surface area (Å²) in [6, 6.07) is 8.29. The number of nitrogens with zero attached hydrogens (tertiary/aromatic N) is 2. The molecule has 1 N–H and O–H groups in total. The van der Waals surface area contributed by atoms with Gasteiger partial charge in [-0.2, -0.15) is 4.31 Å². The maximum atomic E-state index is 13.1. The highest BCUT2D eigenvalue weighted by Crippen LogP contribution is 2.32. The zero-order valence-electron chi connectivity index (χ0n) is 16.2. The van der Waals surface area contributed by atoms with E-state index < -0.39 is 10.0 Å². The molecule has 0 saturated carbocycles. The highest BCUT2D eigenvalue weighted by molar-refractivity contribution is 7.89. The van der Waals surface area contributed by atoms with Crippen LogP contribution >= 0.6 is 11.6 Å². The molecule has 2 aromatic rings. The number of pyridine rings is 1. The van der Waals surface area contributed by atoms with Gasteiger partial charge in [-0.25, -0.2) is 8.42 Å². The number of ether oxygens (including phenoxy) is 1. The molecule has 29 heavy (non-hydrogen) atoms. The summed E-state index contributed by atoms with van der Waals surface area (Å²) >= 11 is 6.02. The lowest BCUT2D eigenvalue weighted by Gasteiger charge is -2.31. The van der Waals surface area contributed by atoms with Gasteiger partial charge in [-0.3, -0.25) is 9.78 Å². The van der Waals surface area contributed by atoms with E-state index in [2.05, 4.69) is 10.3 Å². The molecule has 0 aliphatic carbocycles. The lowest BCUT2D eigenvalue weighted by molar-refractivity contribution is -0.126. The molecule has 9 heteroatoms. The first-order valence-electron chi connectivity index (χ1n) is 9.51. The highest BCUT2D eigenvalue weighted by atomic mass is 35.5. The summed E-state index contributed by atoms with van der Waals surface area (Å²) in [5, 5.41) is 3.23. The van der Waals surface area contributed by atoms with Gasteiger partial charge in [-0.15, -0.1) is 0 Å². The minimum absolute atomic E-state index is 0.0614. The third-order valence-corrected chi connectivity index (χ3v) is 6.99. The van der Waals surface area contributed by atoms with E-state index in [4.69, 9.17) is 16.3 Å². The average Bonchev–Trinajstić information content (AvgIpc) is 2.74. The number of piperidine rings is 1. The van der Waals surface area contributed by atoms with Crippen LogP contribution in [0.15, 0.2) is 47.6 Å². The summed E-state index contributed by atoms with van der Waals surface area (Å²) in [4.78, 5) is 16.5. The molecule has 1 amide bonds. The molecule has 7 nitrogen and oxygen atoms in total. The Bertz CT molecular complexity index is 945. The summed E-state index contributed by atoms with van der Waals surface area (Å²) in [7, 11) is -3.76. The number of carbonyl (C=O) groups is 1. The SMILES string of the molecule is CCOc1ccc(Cl)cc1S(=O)(=O)N1CCC(C(=O)NCc2cccnc2)CC1. The van der Waals surface area contributed by atoms with Crippen molar-refractivity contribution >= 4 is 27.5 Å². The number of carbonyl (C=O) groups excluding carboxylic acids is 1. The number of hydrogen-bond donors (Lipinski definition) is 1. The van der Waals surface area contributed by atoms with Crippen molar-refractivity contribution in [3.05, 3.63) is 53.3 Å². The molecule has 0 bridgehead atoms. The molecule has 0 spiro atoms. The van der Waals surface area contributed by atoms with Gasteiger partial charge in [0.05, 0.1) is 6.61 Å². The van der Waals surface area contributed by atoms with Gasteiger partial charge in [0, 0.05) is 43.0 Å². The Morgan fingerprint density at radius 3 is 2.72 bits per heavy atom. The van der Waals surface area contributed by atoms with Gasteiger partial charge in [-0.05, 0) is 49.6 Å². The maximum absolute atomic E-state index is 13.1. The van der Waals surface area contributed by atoms with Gasteiger partial charge in [0.2, 0.25) is 15.9 Å². The summed E-state index contributed by atoms with van der Waals surface area (Å²) < 4.78 is 33.1. The minimum atomic E-state index is -3.76. The quantitative estimate of drug-likeness (QED) is 0.719. The van der Waals surface area contributed by atoms with Crippen LogP contribution in [0.25, 0.3) is 0 Å². The Morgan fingerprint density at radius 2 is 2.07 bits per heavy atom. The van der Waals surface area contributed by atoms with Crippen molar-refractivity contribution in [1.29, 1.82) is 0 Å². The van der Waals surface area contributed by atoms with Crippen molar-refractivity contribution in [2.75, 3.05) is 19.7 Å². The van der Waals surface area contributed by atoms with Crippen molar-refractivity contribution in [1.82, 2.24) is 14.6 Å². The van der Waals surface area contributed by atoms with Crippen molar-refractivity contribution in [2.45, 2.75) is 31.2 Å². The summed E-state index contributed by atoms with van der Waals surface area (Å²) in [5.74, 6) is 0.000689. The molecule has 1 saturated heterocycles. The zero-order chi connectivity index (χ0) is 20.9. The second-order valence-corrected chi connectivity index (χ2v) is 9.12. The van der Waals surface area contributed by atoms with Crippen LogP contribution in [0.1, 0.15) is 25.3 Å². The molecule has 0 unspecified atom stereocenters. The summed E-state index contributed by atoms with van der Waals surface area (Å²) in [6.45, 7) is 3.09. The lowest BCUT2D eigenvalue weighted by Crippen LogP contribution is -2.43. The first-order valence-corrected chi connectivity index (χ1v) is 11.3. The lowest BCUT2D eigenvalue weighted by atomic mass is 9.97. The molecule has 1 fully saturated rings. The Labute approximate surface area is 176 Å². The van der Waals surface area contributed by atoms with E-state index in [1.165, 1.54) is 10.4 Å². The van der Waals surface area contributed by atoms with E-state index in [0.29, 0.717) is 31.0 Å². The molecule has 156 valence electrons. The number of halogens is 1. The molecule has 2 heterocycles. The van der Waals surface area contributed by atoms with E-state index in [-0.39, 0.29) is 35.6 Å². The first-order chi connectivity index (χ1) is 13.9. The number of sulfonamides is 1. The molecular formula is C20H24ClN3O4S. The van der Waals surface area contributed by atoms with Gasteiger partial charge < -0.3 is 10.1 Å². The fourth-order valence-electron chi connectivity index (χ4n) is 3.29. The normalized spacial score (nSPS) is 15.8. The van der Waals surface area contributed by atoms with Crippen LogP contribution in [-0.2, 0) is 21.4 Å². The van der Waals surface area contributed by atoms with E-state index in [1.54, 1.807) is 31.5 Å². The zero-order valence-corrected chi connectivity index (χ0v) is 17.7. The standard InChI is InChI=1S/C20H24ClN3O4S/c1-2-28-18-6-5-17(21)12-19(18)29(26,27)24-10-7-16(8-11-24)20(25)23-14-15-4-3-9-22-13-15/h3-6,9,12-13,16H,2,7-8,10-11,14H2,1H3,(H,23,25). The van der Waals surface area contributed by atoms with E-state index in [1.807, 2.05) is 12.1 Å². The first kappa shape index (κ1) is 21.5. The second-order valence-electron chi connectivity index (χ2n) is 6.78. The Kier molecular flexibility index (Phi) is 7.10. The Hall–Kier alpha value is -2.16. The molecule has 1 aliphatic rings. The monoisotopic (exact) mass is 437 g/mol. The molecular weight excluding hydrogens is 414 g/mol. The average molecular weight is 438 g/mol. The van der Waals surface area contributed by atoms with Gasteiger partial charge in [0.25, 0.3) is 0 Å². The maximum Gasteiger partial charge on any atom is 0.246 e. The topological polar surface area (TPSA) is 88.6 Å². The van der Waals surface area contributed by atoms with Crippen LogP contribution in [0.5, 0.6) is 5.75 Å². The van der Waals surface area contributed by atoms with Gasteiger partial charge in [0.1, 0.15) is 10.6 Å². The van der Waals surface area contributed by atoms with E-state index in [9.17, 15) is 13.2 Å². The number of amides is 1. The number of rotatable bonds is 7. The summed E-state index contributed by atoms with van der Waals surface area (Å²) in [6.07, 6.45) is 4.31. The summed E-state index contributed by atoms with van der Waals surface area (Å²) in [5.41, 5.74) is 0.922. The third-order valence-electron chi connectivity index (χ3n) is 4.84. The van der Waals surface area contributed by atoms with E-state index >= 15 is 0 Å². The molecule has 0 atom stereocenters. The third kappa shape index (κ3) is 5.26. The molecule has 1 aromatic carbocycles. The van der Waals surface area contributed by atoms with Gasteiger partial charge in [0.15, 0.2) is 0 Å². The van der Waals surface area contributed by atoms with Crippen molar-refractivity contribution < 1.29 is 17.9 Å². The Morgan fingerprint density at radius 1 is 1.31 bits per heavy atom. The number of nitrogens with one attached hydrogen (secondary N) is 1. The van der Waals surface area contributed by atoms with E-state index in [0.717, 1.165) is 5.56 Å². The Balaban J connectivity index is 1.62. The van der Waals surface area contributed by atoms with Crippen LogP contribution < -0.4 is 10.1 Å². The van der Waals surface area contributed by atoms with Crippen molar-refractivity contribution in [3.8, 4) is 5.75 Å².